The van der Waals surface area contributed by atoms with Crippen molar-refractivity contribution in [2.75, 3.05) is 0 Å². The van der Waals surface area contributed by atoms with Gasteiger partial charge in [0.15, 0.2) is 0 Å². The van der Waals surface area contributed by atoms with E-state index in [2.05, 4.69) is 11.3 Å². The Hall–Kier alpha value is -2.05. The van der Waals surface area contributed by atoms with E-state index in [4.69, 9.17) is 0 Å². The third kappa shape index (κ3) is 3.47. The summed E-state index contributed by atoms with van der Waals surface area (Å²) in [5.41, 5.74) is -0.232. The van der Waals surface area contributed by atoms with Gasteiger partial charge in [0, 0.05) is 23.6 Å². The third-order valence-corrected chi connectivity index (χ3v) is 2.27. The van der Waals surface area contributed by atoms with Gasteiger partial charge in [-0.05, 0) is 6.07 Å². The number of ether oxygens (including phenoxy) is 1. The van der Waals surface area contributed by atoms with Gasteiger partial charge >= 0.3 is 6.36 Å². The van der Waals surface area contributed by atoms with Gasteiger partial charge in [-0.15, -0.1) is 19.8 Å². The van der Waals surface area contributed by atoms with Gasteiger partial charge in [-0.2, -0.15) is 0 Å². The molecule has 0 fully saturated rings. The van der Waals surface area contributed by atoms with Gasteiger partial charge in [0.25, 0.3) is 5.69 Å². The zero-order chi connectivity index (χ0) is 13.9. The van der Waals surface area contributed by atoms with Crippen molar-refractivity contribution in [3.63, 3.8) is 0 Å². The molecular formula is C11H10F3NO3. The van der Waals surface area contributed by atoms with Crippen LogP contribution in [0.2, 0.25) is 0 Å². The quantitative estimate of drug-likeness (QED) is 0.470. The molecule has 1 rings (SSSR count). The summed E-state index contributed by atoms with van der Waals surface area (Å²) in [4.78, 5) is 9.89. The predicted molar refractivity (Wildman–Crippen MR) is 58.4 cm³/mol. The Labute approximate surface area is 101 Å². The molecule has 0 aromatic heterocycles. The lowest BCUT2D eigenvalue weighted by Gasteiger charge is -2.15. The summed E-state index contributed by atoms with van der Waals surface area (Å²) >= 11 is 0. The van der Waals surface area contributed by atoms with Gasteiger partial charge in [-0.1, -0.05) is 13.0 Å². The minimum atomic E-state index is -4.84. The first-order chi connectivity index (χ1) is 8.24. The number of benzene rings is 1. The molecule has 0 aliphatic heterocycles. The van der Waals surface area contributed by atoms with Crippen LogP contribution >= 0.6 is 0 Å². The molecule has 0 N–H and O–H groups in total. The van der Waals surface area contributed by atoms with Crippen LogP contribution in [0, 0.1) is 10.1 Å². The minimum absolute atomic E-state index is 0.0662. The van der Waals surface area contributed by atoms with Crippen molar-refractivity contribution in [1.82, 2.24) is 0 Å². The van der Waals surface area contributed by atoms with Crippen molar-refractivity contribution in [3.05, 3.63) is 46.5 Å². The number of nitro benzene ring substituents is 1. The molecule has 1 unspecified atom stereocenters. The second-order valence-electron chi connectivity index (χ2n) is 3.55. The lowest BCUT2D eigenvalue weighted by Crippen LogP contribution is -2.18. The minimum Gasteiger partial charge on any atom is -0.405 e. The van der Waals surface area contributed by atoms with Crippen molar-refractivity contribution >= 4 is 5.69 Å². The number of hydrogen-bond acceptors (Lipinski definition) is 3. The fourth-order valence-electron chi connectivity index (χ4n) is 1.35. The predicted octanol–water partition coefficient (Wildman–Crippen LogP) is 3.78. The van der Waals surface area contributed by atoms with E-state index in [9.17, 15) is 23.3 Å². The van der Waals surface area contributed by atoms with Gasteiger partial charge in [0.2, 0.25) is 0 Å². The Morgan fingerprint density at radius 1 is 1.50 bits per heavy atom. The zero-order valence-electron chi connectivity index (χ0n) is 9.40. The van der Waals surface area contributed by atoms with E-state index in [1.165, 1.54) is 6.08 Å². The molecule has 0 spiro atoms. The maximum absolute atomic E-state index is 12.2. The van der Waals surface area contributed by atoms with Gasteiger partial charge in [-0.25, -0.2) is 0 Å². The summed E-state index contributed by atoms with van der Waals surface area (Å²) in [6.45, 7) is 5.01. The van der Waals surface area contributed by atoms with E-state index in [0.29, 0.717) is 0 Å². The monoisotopic (exact) mass is 261 g/mol. The molecule has 7 heteroatoms. The van der Waals surface area contributed by atoms with Crippen molar-refractivity contribution < 1.29 is 22.8 Å². The molecule has 0 saturated heterocycles. The first-order valence-corrected chi connectivity index (χ1v) is 4.91. The molecule has 0 saturated carbocycles. The molecule has 1 aromatic carbocycles. The van der Waals surface area contributed by atoms with E-state index in [1.807, 2.05) is 0 Å². The molecule has 1 aromatic rings. The molecule has 0 radical (unpaired) electrons. The summed E-state index contributed by atoms with van der Waals surface area (Å²) in [6, 6.07) is 2.94. The molecule has 18 heavy (non-hydrogen) atoms. The SMILES string of the molecule is C=CC(C)c1cc([N+](=O)[O-])ccc1OC(F)(F)F. The van der Waals surface area contributed by atoms with Crippen LogP contribution < -0.4 is 4.74 Å². The first-order valence-electron chi connectivity index (χ1n) is 4.91. The molecule has 0 aliphatic rings. The Kier molecular flexibility index (Phi) is 3.95. The highest BCUT2D eigenvalue weighted by Crippen LogP contribution is 2.34. The van der Waals surface area contributed by atoms with Crippen LogP contribution in [-0.4, -0.2) is 11.3 Å². The van der Waals surface area contributed by atoms with Gasteiger partial charge < -0.3 is 4.74 Å². The van der Waals surface area contributed by atoms with Crippen molar-refractivity contribution in [2.45, 2.75) is 19.2 Å². The number of halogens is 3. The average Bonchev–Trinajstić information content (AvgIpc) is 2.26. The van der Waals surface area contributed by atoms with Crippen LogP contribution in [-0.2, 0) is 0 Å². The summed E-state index contributed by atoms with van der Waals surface area (Å²) in [5.74, 6) is -0.956. The van der Waals surface area contributed by atoms with Gasteiger partial charge in [0.05, 0.1) is 4.92 Å². The second kappa shape index (κ2) is 5.07. The normalized spacial score (nSPS) is 12.9. The highest BCUT2D eigenvalue weighted by molar-refractivity contribution is 5.46. The molecule has 0 aliphatic carbocycles. The number of alkyl halides is 3. The number of non-ortho nitro benzene ring substituents is 1. The Morgan fingerprint density at radius 2 is 2.11 bits per heavy atom. The smallest absolute Gasteiger partial charge is 0.405 e. The van der Waals surface area contributed by atoms with Crippen molar-refractivity contribution in [1.29, 1.82) is 0 Å². The van der Waals surface area contributed by atoms with Crippen molar-refractivity contribution in [3.8, 4) is 5.75 Å². The summed E-state index contributed by atoms with van der Waals surface area (Å²) in [7, 11) is 0. The number of nitrogens with zero attached hydrogens (tertiary/aromatic N) is 1. The maximum atomic E-state index is 12.2. The lowest BCUT2D eigenvalue weighted by molar-refractivity contribution is -0.385. The lowest BCUT2D eigenvalue weighted by atomic mass is 10.00. The Balaban J connectivity index is 3.25. The van der Waals surface area contributed by atoms with Crippen LogP contribution in [0.5, 0.6) is 5.75 Å². The van der Waals surface area contributed by atoms with Gasteiger partial charge in [-0.3, -0.25) is 10.1 Å². The van der Waals surface area contributed by atoms with E-state index < -0.39 is 23.0 Å². The summed E-state index contributed by atoms with van der Waals surface area (Å²) < 4.78 is 40.3. The van der Waals surface area contributed by atoms with Crippen LogP contribution in [0.25, 0.3) is 0 Å². The molecular weight excluding hydrogens is 251 g/mol. The van der Waals surface area contributed by atoms with Gasteiger partial charge in [0.1, 0.15) is 5.75 Å². The highest BCUT2D eigenvalue weighted by Gasteiger charge is 2.33. The third-order valence-electron chi connectivity index (χ3n) is 2.27. The Morgan fingerprint density at radius 3 is 2.56 bits per heavy atom. The first kappa shape index (κ1) is 14.0. The topological polar surface area (TPSA) is 52.4 Å². The molecule has 0 heterocycles. The number of hydrogen-bond donors (Lipinski definition) is 0. The number of nitro groups is 1. The van der Waals surface area contributed by atoms with E-state index in [1.54, 1.807) is 6.92 Å². The fourth-order valence-corrected chi connectivity index (χ4v) is 1.35. The van der Waals surface area contributed by atoms with E-state index in [0.717, 1.165) is 18.2 Å². The summed E-state index contributed by atoms with van der Waals surface area (Å²) in [6.07, 6.45) is -3.46. The number of rotatable bonds is 4. The maximum Gasteiger partial charge on any atom is 0.573 e. The molecule has 0 bridgehead atoms. The number of allylic oxidation sites excluding steroid dienone is 1. The largest absolute Gasteiger partial charge is 0.573 e. The average molecular weight is 261 g/mol. The Bertz CT molecular complexity index is 471. The molecule has 0 amide bonds. The van der Waals surface area contributed by atoms with Crippen molar-refractivity contribution in [2.24, 2.45) is 0 Å². The molecule has 4 nitrogen and oxygen atoms in total. The molecule has 98 valence electrons. The van der Waals surface area contributed by atoms with Crippen LogP contribution in [0.4, 0.5) is 18.9 Å². The zero-order valence-corrected chi connectivity index (χ0v) is 9.40. The van der Waals surface area contributed by atoms with Crippen LogP contribution in [0.1, 0.15) is 18.4 Å². The van der Waals surface area contributed by atoms with Crippen LogP contribution in [0.15, 0.2) is 30.9 Å². The second-order valence-corrected chi connectivity index (χ2v) is 3.55. The highest BCUT2D eigenvalue weighted by atomic mass is 19.4. The van der Waals surface area contributed by atoms with E-state index >= 15 is 0 Å². The van der Waals surface area contributed by atoms with E-state index in [-0.39, 0.29) is 11.3 Å². The molecule has 1 atom stereocenters. The summed E-state index contributed by atoms with van der Waals surface area (Å²) in [5, 5.41) is 10.6. The fraction of sp³-hybridized carbons (Fsp3) is 0.273. The van der Waals surface area contributed by atoms with Crippen LogP contribution in [0.3, 0.4) is 0 Å². The standard InChI is InChI=1S/C11H10F3NO3/c1-3-7(2)9-6-8(15(16)17)4-5-10(9)18-11(12,13)14/h3-7H,1H2,2H3.